The lowest BCUT2D eigenvalue weighted by molar-refractivity contribution is -0.122. The fraction of sp³-hybridized carbons (Fsp3) is 0.909. The van der Waals surface area contributed by atoms with Crippen LogP contribution in [0.1, 0.15) is 51.9 Å². The molecule has 2 N–H and O–H groups in total. The molecular formula is C11H21NO2. The van der Waals surface area contributed by atoms with Gasteiger partial charge in [0, 0.05) is 6.42 Å². The highest BCUT2D eigenvalue weighted by molar-refractivity contribution is 5.77. The van der Waals surface area contributed by atoms with Gasteiger partial charge in [-0.25, -0.2) is 0 Å². The van der Waals surface area contributed by atoms with Crippen LogP contribution in [0.4, 0.5) is 0 Å². The molecule has 82 valence electrons. The first-order valence-corrected chi connectivity index (χ1v) is 5.64. The summed E-state index contributed by atoms with van der Waals surface area (Å²) < 4.78 is 0. The van der Waals surface area contributed by atoms with Crippen LogP contribution in [0.5, 0.6) is 0 Å². The Morgan fingerprint density at radius 1 is 1.36 bits per heavy atom. The molecule has 0 atom stereocenters. The first kappa shape index (κ1) is 11.5. The highest BCUT2D eigenvalue weighted by Crippen LogP contribution is 2.34. The SMILES string of the molecule is CCCCCCC(=O)NC1(CO)CC1. The fourth-order valence-electron chi connectivity index (χ4n) is 1.54. The third-order valence-electron chi connectivity index (χ3n) is 2.82. The van der Waals surface area contributed by atoms with Gasteiger partial charge in [-0.3, -0.25) is 4.79 Å². The van der Waals surface area contributed by atoms with Crippen molar-refractivity contribution < 1.29 is 9.90 Å². The predicted molar refractivity (Wildman–Crippen MR) is 56.0 cm³/mol. The van der Waals surface area contributed by atoms with Crippen LogP contribution in [0.15, 0.2) is 0 Å². The summed E-state index contributed by atoms with van der Waals surface area (Å²) in [5, 5.41) is 11.9. The topological polar surface area (TPSA) is 49.3 Å². The van der Waals surface area contributed by atoms with E-state index >= 15 is 0 Å². The van der Waals surface area contributed by atoms with Crippen molar-refractivity contribution in [1.29, 1.82) is 0 Å². The molecular weight excluding hydrogens is 178 g/mol. The maximum Gasteiger partial charge on any atom is 0.220 e. The van der Waals surface area contributed by atoms with Crippen LogP contribution in [0.2, 0.25) is 0 Å². The van der Waals surface area contributed by atoms with E-state index in [1.165, 1.54) is 12.8 Å². The molecule has 14 heavy (non-hydrogen) atoms. The second kappa shape index (κ2) is 5.35. The van der Waals surface area contributed by atoms with E-state index < -0.39 is 0 Å². The van der Waals surface area contributed by atoms with Gasteiger partial charge in [-0.05, 0) is 19.3 Å². The number of amides is 1. The largest absolute Gasteiger partial charge is 0.394 e. The Labute approximate surface area is 85.9 Å². The molecule has 3 heteroatoms. The van der Waals surface area contributed by atoms with E-state index in [2.05, 4.69) is 12.2 Å². The molecule has 0 heterocycles. The van der Waals surface area contributed by atoms with E-state index in [0.717, 1.165) is 25.7 Å². The minimum Gasteiger partial charge on any atom is -0.394 e. The monoisotopic (exact) mass is 199 g/mol. The second-order valence-corrected chi connectivity index (χ2v) is 4.30. The molecule has 0 aromatic heterocycles. The van der Waals surface area contributed by atoms with E-state index in [-0.39, 0.29) is 18.1 Å². The Kier molecular flexibility index (Phi) is 4.39. The Balaban J connectivity index is 2.04. The summed E-state index contributed by atoms with van der Waals surface area (Å²) >= 11 is 0. The molecule has 1 rings (SSSR count). The Hall–Kier alpha value is -0.570. The maximum absolute atomic E-state index is 11.4. The van der Waals surface area contributed by atoms with E-state index in [0.29, 0.717) is 6.42 Å². The number of rotatable bonds is 7. The van der Waals surface area contributed by atoms with Crippen LogP contribution in [-0.4, -0.2) is 23.2 Å². The van der Waals surface area contributed by atoms with Gasteiger partial charge in [-0.15, -0.1) is 0 Å². The predicted octanol–water partition coefficient (Wildman–Crippen LogP) is 1.60. The molecule has 0 spiro atoms. The van der Waals surface area contributed by atoms with Crippen molar-refractivity contribution in [2.45, 2.75) is 57.4 Å². The van der Waals surface area contributed by atoms with Crippen molar-refractivity contribution in [3.63, 3.8) is 0 Å². The van der Waals surface area contributed by atoms with Gasteiger partial charge >= 0.3 is 0 Å². The number of nitrogens with one attached hydrogen (secondary N) is 1. The molecule has 1 fully saturated rings. The summed E-state index contributed by atoms with van der Waals surface area (Å²) in [5.74, 6) is 0.104. The number of hydrogen-bond donors (Lipinski definition) is 2. The van der Waals surface area contributed by atoms with Gasteiger partial charge in [0.15, 0.2) is 0 Å². The van der Waals surface area contributed by atoms with Gasteiger partial charge in [-0.1, -0.05) is 26.2 Å². The van der Waals surface area contributed by atoms with Gasteiger partial charge in [0.25, 0.3) is 0 Å². The molecule has 1 aliphatic carbocycles. The van der Waals surface area contributed by atoms with E-state index in [9.17, 15) is 4.79 Å². The standard InChI is InChI=1S/C11H21NO2/c1-2-3-4-5-6-10(14)12-11(9-13)7-8-11/h13H,2-9H2,1H3,(H,12,14). The summed E-state index contributed by atoms with van der Waals surface area (Å²) in [5.41, 5.74) is -0.234. The third kappa shape index (κ3) is 3.66. The van der Waals surface area contributed by atoms with Crippen molar-refractivity contribution in [2.75, 3.05) is 6.61 Å². The maximum atomic E-state index is 11.4. The zero-order chi connectivity index (χ0) is 10.4. The van der Waals surface area contributed by atoms with Gasteiger partial charge in [0.1, 0.15) is 0 Å². The number of aliphatic hydroxyl groups excluding tert-OH is 1. The van der Waals surface area contributed by atoms with Crippen LogP contribution in [0.3, 0.4) is 0 Å². The molecule has 0 unspecified atom stereocenters. The summed E-state index contributed by atoms with van der Waals surface area (Å²) in [6, 6.07) is 0. The van der Waals surface area contributed by atoms with Crippen molar-refractivity contribution in [2.24, 2.45) is 0 Å². The van der Waals surface area contributed by atoms with Gasteiger partial charge in [0.2, 0.25) is 5.91 Å². The van der Waals surface area contributed by atoms with Gasteiger partial charge < -0.3 is 10.4 Å². The Morgan fingerprint density at radius 3 is 2.57 bits per heavy atom. The lowest BCUT2D eigenvalue weighted by Crippen LogP contribution is -2.39. The normalized spacial score (nSPS) is 17.9. The number of aliphatic hydroxyl groups is 1. The number of carbonyl (C=O) groups is 1. The molecule has 0 aliphatic heterocycles. The van der Waals surface area contributed by atoms with Crippen molar-refractivity contribution >= 4 is 5.91 Å². The molecule has 0 radical (unpaired) electrons. The quantitative estimate of drug-likeness (QED) is 0.612. The minimum atomic E-state index is -0.234. The Bertz CT molecular complexity index is 188. The summed E-state index contributed by atoms with van der Waals surface area (Å²) in [7, 11) is 0. The molecule has 0 aromatic carbocycles. The third-order valence-corrected chi connectivity index (χ3v) is 2.82. The van der Waals surface area contributed by atoms with Gasteiger partial charge in [-0.2, -0.15) is 0 Å². The number of unbranched alkanes of at least 4 members (excludes halogenated alkanes) is 3. The molecule has 0 aromatic rings. The molecule has 0 saturated heterocycles. The summed E-state index contributed by atoms with van der Waals surface area (Å²) in [4.78, 5) is 11.4. The van der Waals surface area contributed by atoms with Gasteiger partial charge in [0.05, 0.1) is 12.1 Å². The zero-order valence-electron chi connectivity index (χ0n) is 9.01. The van der Waals surface area contributed by atoms with Crippen LogP contribution >= 0.6 is 0 Å². The van der Waals surface area contributed by atoms with Crippen molar-refractivity contribution in [1.82, 2.24) is 5.32 Å². The molecule has 0 bridgehead atoms. The highest BCUT2D eigenvalue weighted by atomic mass is 16.3. The minimum absolute atomic E-state index is 0.0910. The zero-order valence-corrected chi connectivity index (χ0v) is 9.01. The van der Waals surface area contributed by atoms with Crippen LogP contribution in [-0.2, 0) is 4.79 Å². The molecule has 3 nitrogen and oxygen atoms in total. The average molecular weight is 199 g/mol. The summed E-state index contributed by atoms with van der Waals surface area (Å²) in [6.07, 6.45) is 6.99. The number of carbonyl (C=O) groups excluding carboxylic acids is 1. The average Bonchev–Trinajstić information content (AvgIpc) is 2.93. The molecule has 1 amide bonds. The smallest absolute Gasteiger partial charge is 0.220 e. The van der Waals surface area contributed by atoms with E-state index in [1.54, 1.807) is 0 Å². The first-order chi connectivity index (χ1) is 6.72. The summed E-state index contributed by atoms with van der Waals surface area (Å²) in [6.45, 7) is 2.25. The van der Waals surface area contributed by atoms with Crippen LogP contribution in [0.25, 0.3) is 0 Å². The Morgan fingerprint density at radius 2 is 2.07 bits per heavy atom. The lowest BCUT2D eigenvalue weighted by Gasteiger charge is -2.13. The second-order valence-electron chi connectivity index (χ2n) is 4.30. The molecule has 1 aliphatic rings. The first-order valence-electron chi connectivity index (χ1n) is 5.64. The van der Waals surface area contributed by atoms with Crippen molar-refractivity contribution in [3.05, 3.63) is 0 Å². The van der Waals surface area contributed by atoms with Crippen LogP contribution in [0, 0.1) is 0 Å². The van der Waals surface area contributed by atoms with E-state index in [4.69, 9.17) is 5.11 Å². The fourth-order valence-corrected chi connectivity index (χ4v) is 1.54. The lowest BCUT2D eigenvalue weighted by atomic mass is 10.1. The van der Waals surface area contributed by atoms with E-state index in [1.807, 2.05) is 0 Å². The highest BCUT2D eigenvalue weighted by Gasteiger charge is 2.43. The molecule has 1 saturated carbocycles. The number of hydrogen-bond acceptors (Lipinski definition) is 2. The van der Waals surface area contributed by atoms with Crippen LogP contribution < -0.4 is 5.32 Å². The van der Waals surface area contributed by atoms with Crippen molar-refractivity contribution in [3.8, 4) is 0 Å².